The van der Waals surface area contributed by atoms with Gasteiger partial charge < -0.3 is 9.30 Å². The average Bonchev–Trinajstić information content (AvgIpc) is 2.58. The average molecular weight is 319 g/mol. The van der Waals surface area contributed by atoms with Gasteiger partial charge in [0.25, 0.3) is 0 Å². The lowest BCUT2D eigenvalue weighted by molar-refractivity contribution is 0.483. The van der Waals surface area contributed by atoms with E-state index >= 15 is 0 Å². The Kier molecular flexibility index (Phi) is 4.40. The molecule has 0 saturated carbocycles. The Bertz CT molecular complexity index is 897. The predicted molar refractivity (Wildman–Crippen MR) is 97.9 cm³/mol. The number of hydrogen-bond acceptors (Lipinski definition) is 2. The lowest BCUT2D eigenvalue weighted by Gasteiger charge is -2.11. The molecule has 0 unspecified atom stereocenters. The van der Waals surface area contributed by atoms with E-state index in [1.54, 1.807) is 0 Å². The molecule has 2 aromatic carbocycles. The van der Waals surface area contributed by atoms with Crippen molar-refractivity contribution in [3.8, 4) is 28.0 Å². The van der Waals surface area contributed by atoms with Crippen LogP contribution in [0, 0.1) is 4.51 Å². The molecule has 0 aliphatic carbocycles. The zero-order chi connectivity index (χ0) is 16.2. The monoisotopic (exact) mass is 319 g/mol. The fourth-order valence-electron chi connectivity index (χ4n) is 2.57. The Balaban J connectivity index is 2.18. The first-order valence-corrected chi connectivity index (χ1v) is 7.73. The summed E-state index contributed by atoms with van der Waals surface area (Å²) in [6.07, 6.45) is 5.53. The van der Waals surface area contributed by atoms with Crippen LogP contribution < -0.4 is 4.74 Å². The maximum atomic E-state index is 5.75. The topological polar surface area (TPSA) is 14.2 Å². The van der Waals surface area contributed by atoms with Gasteiger partial charge in [0, 0.05) is 30.6 Å². The molecule has 0 amide bonds. The second kappa shape index (κ2) is 6.63. The third-order valence-corrected chi connectivity index (χ3v) is 4.04. The van der Waals surface area contributed by atoms with Crippen molar-refractivity contribution in [1.29, 1.82) is 0 Å². The molecule has 0 saturated heterocycles. The molecule has 114 valence electrons. The number of hydrogen-bond donors (Lipinski definition) is 0. The van der Waals surface area contributed by atoms with E-state index in [0.717, 1.165) is 32.5 Å². The van der Waals surface area contributed by atoms with Crippen molar-refractivity contribution in [3.63, 3.8) is 0 Å². The van der Waals surface area contributed by atoms with Crippen molar-refractivity contribution in [1.82, 2.24) is 4.57 Å². The van der Waals surface area contributed by atoms with E-state index in [1.807, 2.05) is 60.3 Å². The molecular weight excluding hydrogens is 302 g/mol. The van der Waals surface area contributed by atoms with Crippen LogP contribution in [0.4, 0.5) is 0 Å². The second-order valence-electron chi connectivity index (χ2n) is 5.26. The van der Waals surface area contributed by atoms with Crippen molar-refractivity contribution < 1.29 is 4.74 Å². The molecule has 1 heterocycles. The SMILES string of the molecule is C=COc1cccc(-c2cn(C)cc(-c3ccccc3)c2=S)c1. The Morgan fingerprint density at radius 1 is 0.957 bits per heavy atom. The maximum absolute atomic E-state index is 5.75. The minimum atomic E-state index is 0.750. The summed E-state index contributed by atoms with van der Waals surface area (Å²) in [5, 5.41) is 0. The summed E-state index contributed by atoms with van der Waals surface area (Å²) < 4.78 is 8.25. The summed E-state index contributed by atoms with van der Waals surface area (Å²) >= 11 is 5.75. The largest absolute Gasteiger partial charge is 0.466 e. The lowest BCUT2D eigenvalue weighted by atomic mass is 10.0. The molecule has 3 aromatic rings. The second-order valence-corrected chi connectivity index (χ2v) is 5.67. The van der Waals surface area contributed by atoms with Crippen LogP contribution in [0.5, 0.6) is 5.75 Å². The summed E-state index contributed by atoms with van der Waals surface area (Å²) in [4.78, 5) is 0. The molecule has 23 heavy (non-hydrogen) atoms. The zero-order valence-corrected chi connectivity index (χ0v) is 13.7. The number of aryl methyl sites for hydroxylation is 1. The van der Waals surface area contributed by atoms with Crippen molar-refractivity contribution >= 4 is 12.2 Å². The Hall–Kier alpha value is -2.65. The quantitative estimate of drug-likeness (QED) is 0.458. The van der Waals surface area contributed by atoms with Crippen LogP contribution in [-0.4, -0.2) is 4.57 Å². The maximum Gasteiger partial charge on any atom is 0.127 e. The molecule has 0 aliphatic rings. The zero-order valence-electron chi connectivity index (χ0n) is 12.9. The van der Waals surface area contributed by atoms with Crippen LogP contribution in [0.25, 0.3) is 22.3 Å². The summed E-state index contributed by atoms with van der Waals surface area (Å²) in [5.74, 6) is 0.750. The van der Waals surface area contributed by atoms with E-state index in [9.17, 15) is 0 Å². The Labute approximate surface area is 141 Å². The third kappa shape index (κ3) is 3.25. The predicted octanol–water partition coefficient (Wildman–Crippen LogP) is 5.61. The van der Waals surface area contributed by atoms with Crippen molar-refractivity contribution in [2.24, 2.45) is 7.05 Å². The summed E-state index contributed by atoms with van der Waals surface area (Å²) in [6, 6.07) is 18.1. The molecule has 1 aromatic heterocycles. The first-order valence-electron chi connectivity index (χ1n) is 7.33. The van der Waals surface area contributed by atoms with Crippen molar-refractivity contribution in [3.05, 3.63) is 84.3 Å². The molecule has 0 radical (unpaired) electrons. The summed E-state index contributed by atoms with van der Waals surface area (Å²) in [5.41, 5.74) is 4.21. The van der Waals surface area contributed by atoms with E-state index in [2.05, 4.69) is 24.9 Å². The highest BCUT2D eigenvalue weighted by molar-refractivity contribution is 7.71. The standard InChI is InChI=1S/C20H17NOS/c1-3-22-17-11-7-10-16(12-17)19-14-21(2)13-18(20(19)23)15-8-5-4-6-9-15/h3-14H,1H2,2H3. The number of pyridine rings is 1. The molecule has 2 nitrogen and oxygen atoms in total. The van der Waals surface area contributed by atoms with Crippen LogP contribution in [0.3, 0.4) is 0 Å². The van der Waals surface area contributed by atoms with Crippen LogP contribution in [0.1, 0.15) is 0 Å². The van der Waals surface area contributed by atoms with Gasteiger partial charge in [-0.2, -0.15) is 0 Å². The highest BCUT2D eigenvalue weighted by Gasteiger charge is 2.08. The van der Waals surface area contributed by atoms with Gasteiger partial charge in [0.1, 0.15) is 5.75 Å². The summed E-state index contributed by atoms with van der Waals surface area (Å²) in [7, 11) is 2.01. The van der Waals surface area contributed by atoms with Gasteiger partial charge in [-0.25, -0.2) is 0 Å². The van der Waals surface area contributed by atoms with Gasteiger partial charge in [-0.15, -0.1) is 0 Å². The van der Waals surface area contributed by atoms with E-state index in [0.29, 0.717) is 0 Å². The first kappa shape index (κ1) is 15.3. The van der Waals surface area contributed by atoms with E-state index in [-0.39, 0.29) is 0 Å². The molecule has 0 N–H and O–H groups in total. The Morgan fingerprint density at radius 3 is 2.30 bits per heavy atom. The molecule has 0 aliphatic heterocycles. The van der Waals surface area contributed by atoms with E-state index in [4.69, 9.17) is 17.0 Å². The van der Waals surface area contributed by atoms with Crippen molar-refractivity contribution in [2.75, 3.05) is 0 Å². The molecule has 0 atom stereocenters. The molecule has 0 bridgehead atoms. The van der Waals surface area contributed by atoms with E-state index in [1.165, 1.54) is 6.26 Å². The fourth-order valence-corrected chi connectivity index (χ4v) is 2.91. The van der Waals surface area contributed by atoms with Crippen LogP contribution >= 0.6 is 12.2 Å². The highest BCUT2D eigenvalue weighted by Crippen LogP contribution is 2.30. The van der Waals surface area contributed by atoms with Crippen LogP contribution in [0.15, 0.2) is 79.8 Å². The number of nitrogens with zero attached hydrogens (tertiary/aromatic N) is 1. The summed E-state index contributed by atoms with van der Waals surface area (Å²) in [6.45, 7) is 3.60. The van der Waals surface area contributed by atoms with Crippen molar-refractivity contribution in [2.45, 2.75) is 0 Å². The first-order chi connectivity index (χ1) is 11.2. The Morgan fingerprint density at radius 2 is 1.61 bits per heavy atom. The molecule has 3 heteroatoms. The number of aromatic nitrogens is 1. The minimum Gasteiger partial charge on any atom is -0.466 e. The molecular formula is C20H17NOS. The van der Waals surface area contributed by atoms with Crippen LogP contribution in [0.2, 0.25) is 0 Å². The number of ether oxygens (including phenoxy) is 1. The minimum absolute atomic E-state index is 0.750. The van der Waals surface area contributed by atoms with E-state index < -0.39 is 0 Å². The smallest absolute Gasteiger partial charge is 0.127 e. The normalized spacial score (nSPS) is 10.3. The lowest BCUT2D eigenvalue weighted by Crippen LogP contribution is -1.95. The van der Waals surface area contributed by atoms with Gasteiger partial charge in [-0.05, 0) is 23.3 Å². The van der Waals surface area contributed by atoms with Gasteiger partial charge in [-0.3, -0.25) is 0 Å². The number of benzene rings is 2. The molecule has 0 spiro atoms. The van der Waals surface area contributed by atoms with Gasteiger partial charge in [0.15, 0.2) is 0 Å². The fraction of sp³-hybridized carbons (Fsp3) is 0.0500. The molecule has 3 rings (SSSR count). The van der Waals surface area contributed by atoms with Gasteiger partial charge in [0.2, 0.25) is 0 Å². The number of rotatable bonds is 4. The van der Waals surface area contributed by atoms with Gasteiger partial charge in [0.05, 0.1) is 10.8 Å². The van der Waals surface area contributed by atoms with Crippen LogP contribution in [-0.2, 0) is 7.05 Å². The van der Waals surface area contributed by atoms with Gasteiger partial charge >= 0.3 is 0 Å². The highest BCUT2D eigenvalue weighted by atomic mass is 32.1. The third-order valence-electron chi connectivity index (χ3n) is 3.60. The molecule has 0 fully saturated rings. The van der Waals surface area contributed by atoms with Gasteiger partial charge in [-0.1, -0.05) is 61.3 Å².